The quantitative estimate of drug-likeness (QED) is 0.482. The molecule has 5 rings (SSSR count). The van der Waals surface area contributed by atoms with E-state index < -0.39 is 23.7 Å². The van der Waals surface area contributed by atoms with Crippen molar-refractivity contribution >= 4 is 28.5 Å². The van der Waals surface area contributed by atoms with Gasteiger partial charge in [-0.15, -0.1) is 0 Å². The number of aromatic carboxylic acids is 1. The summed E-state index contributed by atoms with van der Waals surface area (Å²) in [7, 11) is 0. The molecule has 3 aromatic rings. The molecule has 9 heteroatoms. The third-order valence-corrected chi connectivity index (χ3v) is 7.40. The Bertz CT molecular complexity index is 1370. The third kappa shape index (κ3) is 4.11. The van der Waals surface area contributed by atoms with Gasteiger partial charge in [0.15, 0.2) is 11.5 Å². The van der Waals surface area contributed by atoms with E-state index in [0.29, 0.717) is 35.4 Å². The number of carboxylic acids is 1. The van der Waals surface area contributed by atoms with Gasteiger partial charge in [0.2, 0.25) is 0 Å². The molecule has 0 radical (unpaired) electrons. The standard InChI is InChI=1S/C27H27F2N5O2/c1-15-10-20(16(2)31-21-9-4-3-8-19(21)26(35)36)24-22(11-15)32-23(12-30)25(33-24)34-13-17-6-5-7-18(14-34)27(17,28)29/h3-4,8-11,16-18,31H,5-7,13-14H2,1-2H3,(H,35,36)/t16-,17?,18?/m1/s1. The topological polar surface area (TPSA) is 102 Å². The van der Waals surface area contributed by atoms with Crippen LogP contribution in [0, 0.1) is 30.1 Å². The molecule has 3 atom stereocenters. The molecule has 1 aliphatic carbocycles. The summed E-state index contributed by atoms with van der Waals surface area (Å²) in [5.41, 5.74) is 3.54. The van der Waals surface area contributed by atoms with Crippen molar-refractivity contribution in [1.82, 2.24) is 9.97 Å². The fourth-order valence-corrected chi connectivity index (χ4v) is 5.59. The number of carbonyl (C=O) groups is 1. The number of halogens is 2. The SMILES string of the molecule is Cc1cc([C@@H](C)Nc2ccccc2C(=O)O)c2nc(N3CC4CCCC(C3)C4(F)F)c(C#N)nc2c1. The van der Waals surface area contributed by atoms with Gasteiger partial charge in [-0.25, -0.2) is 23.5 Å². The van der Waals surface area contributed by atoms with Crippen LogP contribution in [0.1, 0.15) is 59.4 Å². The maximum Gasteiger partial charge on any atom is 0.337 e. The highest BCUT2D eigenvalue weighted by Gasteiger charge is 2.53. The molecule has 2 aromatic carbocycles. The van der Waals surface area contributed by atoms with Gasteiger partial charge in [-0.2, -0.15) is 5.26 Å². The van der Waals surface area contributed by atoms with Crippen molar-refractivity contribution in [2.45, 2.75) is 45.1 Å². The summed E-state index contributed by atoms with van der Waals surface area (Å²) in [4.78, 5) is 22.9. The number of aryl methyl sites for hydroxylation is 1. The first-order valence-electron chi connectivity index (χ1n) is 12.1. The van der Waals surface area contributed by atoms with Crippen LogP contribution in [-0.2, 0) is 0 Å². The average Bonchev–Trinajstić information content (AvgIpc) is 2.82. The van der Waals surface area contributed by atoms with Crippen LogP contribution in [0.5, 0.6) is 0 Å². The fraction of sp³-hybridized carbons (Fsp3) is 0.407. The molecular weight excluding hydrogens is 464 g/mol. The van der Waals surface area contributed by atoms with Crippen LogP contribution in [-0.4, -0.2) is 40.1 Å². The van der Waals surface area contributed by atoms with Gasteiger partial charge in [-0.1, -0.05) is 24.6 Å². The van der Waals surface area contributed by atoms with E-state index in [1.807, 2.05) is 26.0 Å². The van der Waals surface area contributed by atoms with E-state index in [2.05, 4.69) is 16.4 Å². The number of nitriles is 1. The predicted octanol–water partition coefficient (Wildman–Crippen LogP) is 5.55. The molecule has 1 saturated carbocycles. The Balaban J connectivity index is 1.57. The number of benzene rings is 2. The smallest absolute Gasteiger partial charge is 0.337 e. The van der Waals surface area contributed by atoms with Crippen molar-refractivity contribution in [2.75, 3.05) is 23.3 Å². The number of piperidine rings is 1. The lowest BCUT2D eigenvalue weighted by molar-refractivity contribution is -0.138. The third-order valence-electron chi connectivity index (χ3n) is 7.40. The Kier molecular flexibility index (Phi) is 5.99. The van der Waals surface area contributed by atoms with Crippen molar-refractivity contribution in [3.05, 3.63) is 58.8 Å². The molecule has 7 nitrogen and oxygen atoms in total. The van der Waals surface area contributed by atoms with Gasteiger partial charge < -0.3 is 15.3 Å². The van der Waals surface area contributed by atoms with E-state index in [1.165, 1.54) is 6.07 Å². The molecule has 1 aromatic heterocycles. The second-order valence-electron chi connectivity index (χ2n) is 9.85. The number of nitrogens with zero attached hydrogens (tertiary/aromatic N) is 4. The maximum atomic E-state index is 14.8. The van der Waals surface area contributed by atoms with Gasteiger partial charge >= 0.3 is 5.97 Å². The molecular formula is C27H27F2N5O2. The van der Waals surface area contributed by atoms with Crippen LogP contribution < -0.4 is 10.2 Å². The van der Waals surface area contributed by atoms with E-state index in [-0.39, 0.29) is 30.4 Å². The molecule has 36 heavy (non-hydrogen) atoms. The second-order valence-corrected chi connectivity index (χ2v) is 9.85. The largest absolute Gasteiger partial charge is 0.478 e. The Morgan fingerprint density at radius 3 is 2.58 bits per heavy atom. The van der Waals surface area contributed by atoms with Gasteiger partial charge in [0, 0.05) is 36.2 Å². The Morgan fingerprint density at radius 1 is 1.22 bits per heavy atom. The Labute approximate surface area is 207 Å². The lowest BCUT2D eigenvalue weighted by Crippen LogP contribution is -2.56. The lowest BCUT2D eigenvalue weighted by atomic mass is 9.74. The molecule has 1 saturated heterocycles. The van der Waals surface area contributed by atoms with E-state index in [1.54, 1.807) is 23.1 Å². The number of carboxylic acid groups (broad SMARTS) is 1. The zero-order valence-corrected chi connectivity index (χ0v) is 20.1. The number of nitrogens with one attached hydrogen (secondary N) is 1. The molecule has 2 bridgehead atoms. The minimum absolute atomic E-state index is 0.124. The zero-order chi connectivity index (χ0) is 25.6. The number of alkyl halides is 2. The number of para-hydroxylation sites is 1. The average molecular weight is 492 g/mol. The van der Waals surface area contributed by atoms with E-state index >= 15 is 0 Å². The first-order chi connectivity index (χ1) is 17.2. The van der Waals surface area contributed by atoms with Crippen LogP contribution in [0.3, 0.4) is 0 Å². The van der Waals surface area contributed by atoms with Crippen molar-refractivity contribution in [2.24, 2.45) is 11.8 Å². The summed E-state index contributed by atoms with van der Waals surface area (Å²) < 4.78 is 29.5. The minimum Gasteiger partial charge on any atom is -0.478 e. The summed E-state index contributed by atoms with van der Waals surface area (Å²) in [5.74, 6) is -4.93. The van der Waals surface area contributed by atoms with Gasteiger partial charge in [-0.05, 0) is 50.5 Å². The summed E-state index contributed by atoms with van der Waals surface area (Å²) in [6.45, 7) is 4.09. The van der Waals surface area contributed by atoms with E-state index in [4.69, 9.17) is 4.98 Å². The van der Waals surface area contributed by atoms with Gasteiger partial charge in [0.1, 0.15) is 6.07 Å². The molecule has 0 spiro atoms. The van der Waals surface area contributed by atoms with Gasteiger partial charge in [0.25, 0.3) is 5.92 Å². The number of anilines is 2. The number of fused-ring (bicyclic) bond motifs is 3. The molecule has 2 fully saturated rings. The number of aromatic nitrogens is 2. The van der Waals surface area contributed by atoms with Crippen LogP contribution in [0.25, 0.3) is 11.0 Å². The Hall–Kier alpha value is -3.80. The van der Waals surface area contributed by atoms with Crippen LogP contribution in [0.2, 0.25) is 0 Å². The van der Waals surface area contributed by atoms with Crippen molar-refractivity contribution in [1.29, 1.82) is 5.26 Å². The van der Waals surface area contributed by atoms with Crippen molar-refractivity contribution in [3.63, 3.8) is 0 Å². The number of hydrogen-bond donors (Lipinski definition) is 2. The second kappa shape index (κ2) is 9.01. The zero-order valence-electron chi connectivity index (χ0n) is 20.1. The monoisotopic (exact) mass is 491 g/mol. The normalized spacial score (nSPS) is 21.6. The molecule has 2 heterocycles. The van der Waals surface area contributed by atoms with Gasteiger partial charge in [0.05, 0.1) is 22.6 Å². The molecule has 1 aliphatic heterocycles. The van der Waals surface area contributed by atoms with E-state index in [0.717, 1.165) is 17.5 Å². The molecule has 0 amide bonds. The highest BCUT2D eigenvalue weighted by atomic mass is 19.3. The van der Waals surface area contributed by atoms with Crippen molar-refractivity contribution in [3.8, 4) is 6.07 Å². The Morgan fingerprint density at radius 2 is 1.92 bits per heavy atom. The summed E-state index contributed by atoms with van der Waals surface area (Å²) in [6, 6.07) is 12.2. The molecule has 2 aliphatic rings. The van der Waals surface area contributed by atoms with E-state index in [9.17, 15) is 23.9 Å². The first kappa shape index (κ1) is 23.9. The van der Waals surface area contributed by atoms with Crippen molar-refractivity contribution < 1.29 is 18.7 Å². The lowest BCUT2D eigenvalue weighted by Gasteiger charge is -2.47. The predicted molar refractivity (Wildman–Crippen MR) is 132 cm³/mol. The molecule has 186 valence electrons. The number of hydrogen-bond acceptors (Lipinski definition) is 6. The first-order valence-corrected chi connectivity index (χ1v) is 12.1. The van der Waals surface area contributed by atoms with Gasteiger partial charge in [-0.3, -0.25) is 0 Å². The number of rotatable bonds is 5. The molecule has 2 N–H and O–H groups in total. The summed E-state index contributed by atoms with van der Waals surface area (Å²) >= 11 is 0. The fourth-order valence-electron chi connectivity index (χ4n) is 5.59. The highest BCUT2D eigenvalue weighted by Crippen LogP contribution is 2.47. The van der Waals surface area contributed by atoms with Crippen LogP contribution in [0.15, 0.2) is 36.4 Å². The maximum absolute atomic E-state index is 14.8. The summed E-state index contributed by atoms with van der Waals surface area (Å²) in [6.07, 6.45) is 1.70. The highest BCUT2D eigenvalue weighted by molar-refractivity contribution is 5.94. The molecule has 2 unspecified atom stereocenters. The summed E-state index contributed by atoms with van der Waals surface area (Å²) in [5, 5.41) is 22.7. The minimum atomic E-state index is -2.70. The van der Waals surface area contributed by atoms with Crippen LogP contribution >= 0.6 is 0 Å². The van der Waals surface area contributed by atoms with Crippen LogP contribution in [0.4, 0.5) is 20.3 Å².